The number of rotatable bonds is 7. The average molecular weight is 659 g/mol. The first-order chi connectivity index (χ1) is 21.5. The normalized spacial score (nSPS) is 36.3. The van der Waals surface area contributed by atoms with Crippen LogP contribution in [-0.2, 0) is 23.9 Å². The molecule has 1 aromatic rings. The molecule has 0 bridgehead atoms. The van der Waals surface area contributed by atoms with E-state index < -0.39 is 69.7 Å². The van der Waals surface area contributed by atoms with Crippen molar-refractivity contribution in [1.29, 1.82) is 0 Å². The van der Waals surface area contributed by atoms with Crippen LogP contribution in [0, 0.1) is 46.3 Å². The number of hydrogen-bond acceptors (Lipinski definition) is 9. The number of furan rings is 1. The molecule has 1 N–H and O–H groups in total. The number of aliphatic hydroxyl groups excluding tert-OH is 1. The van der Waals surface area contributed by atoms with E-state index in [0.29, 0.717) is 12.0 Å². The van der Waals surface area contributed by atoms with Gasteiger partial charge in [-0.15, -0.1) is 0 Å². The van der Waals surface area contributed by atoms with Crippen LogP contribution >= 0.6 is 11.8 Å². The minimum Gasteiger partial charge on any atom is -0.457 e. The quantitative estimate of drug-likeness (QED) is 0.295. The Hall–Kier alpha value is -3.23. The first-order valence-electron chi connectivity index (χ1n) is 15.6. The van der Waals surface area contributed by atoms with Gasteiger partial charge in [0.1, 0.15) is 11.8 Å². The monoisotopic (exact) mass is 658 g/mol. The standard InChI is InChI=1S/C35H40F2O8S/c1-20-15-23-22-17-25(36)24-16-21(38)10-11-33(24,4)29(22)26(39)18-34(23,5)35(20,45-30(41)27-9-8-13-43-27)31(42)46-14-7-6-12-44-28(40)19-32(2,3)37/h8-11,13,16,20,22-23,25-26,29,39H,12,14-15,17-19H2,1-5H3. The molecule has 0 spiro atoms. The Morgan fingerprint density at radius 3 is 2.63 bits per heavy atom. The van der Waals surface area contributed by atoms with Crippen LogP contribution in [0.25, 0.3) is 0 Å². The van der Waals surface area contributed by atoms with E-state index in [2.05, 4.69) is 11.8 Å². The second-order valence-electron chi connectivity index (χ2n) is 14.0. The van der Waals surface area contributed by atoms with Crippen molar-refractivity contribution in [2.45, 2.75) is 83.8 Å². The molecule has 248 valence electrons. The second kappa shape index (κ2) is 12.4. The SMILES string of the molecule is CC1CC2C3CC(F)C4=CC(=O)C=CC4(C)C3C(O)CC2(C)C1(OC(=O)c1ccco1)C(=O)SCC#CCOC(=O)CC(C)(C)F. The Kier molecular flexibility index (Phi) is 9.21. The van der Waals surface area contributed by atoms with Crippen LogP contribution in [-0.4, -0.2) is 63.8 Å². The number of aliphatic hydroxyl groups is 1. The summed E-state index contributed by atoms with van der Waals surface area (Å²) in [5, 5.41) is 11.4. The molecule has 9 atom stereocenters. The highest BCUT2D eigenvalue weighted by Gasteiger charge is 2.73. The molecule has 5 rings (SSSR count). The highest BCUT2D eigenvalue weighted by atomic mass is 32.2. The van der Waals surface area contributed by atoms with Crippen molar-refractivity contribution < 1.29 is 47.0 Å². The molecule has 0 radical (unpaired) electrons. The maximum atomic E-state index is 15.9. The number of alkyl halides is 2. The van der Waals surface area contributed by atoms with Gasteiger partial charge >= 0.3 is 11.9 Å². The van der Waals surface area contributed by atoms with E-state index in [0.717, 1.165) is 11.8 Å². The molecule has 0 amide bonds. The summed E-state index contributed by atoms with van der Waals surface area (Å²) in [6.07, 6.45) is 3.62. The van der Waals surface area contributed by atoms with Gasteiger partial charge in [-0.2, -0.15) is 0 Å². The molecule has 1 aromatic heterocycles. The summed E-state index contributed by atoms with van der Waals surface area (Å²) in [6, 6.07) is 2.97. The van der Waals surface area contributed by atoms with Crippen molar-refractivity contribution in [3.8, 4) is 11.8 Å². The van der Waals surface area contributed by atoms with Gasteiger partial charge in [0, 0.05) is 22.7 Å². The number of carbonyl (C=O) groups is 4. The fraction of sp³-hybridized carbons (Fsp3) is 0.600. The van der Waals surface area contributed by atoms with Crippen LogP contribution in [0.1, 0.15) is 70.9 Å². The van der Waals surface area contributed by atoms with E-state index in [1.54, 1.807) is 6.08 Å². The van der Waals surface area contributed by atoms with Crippen LogP contribution in [0.4, 0.5) is 8.78 Å². The first kappa shape index (κ1) is 34.1. The van der Waals surface area contributed by atoms with Gasteiger partial charge in [-0.25, -0.2) is 13.6 Å². The van der Waals surface area contributed by atoms with Gasteiger partial charge in [0.05, 0.1) is 24.5 Å². The highest BCUT2D eigenvalue weighted by molar-refractivity contribution is 8.14. The summed E-state index contributed by atoms with van der Waals surface area (Å²) in [6.45, 7) is 7.80. The van der Waals surface area contributed by atoms with Gasteiger partial charge < -0.3 is 19.0 Å². The minimum absolute atomic E-state index is 0.00921. The number of carbonyl (C=O) groups excluding carboxylic acids is 4. The van der Waals surface area contributed by atoms with E-state index in [1.807, 2.05) is 20.8 Å². The number of ketones is 1. The van der Waals surface area contributed by atoms with E-state index in [1.165, 1.54) is 44.4 Å². The maximum absolute atomic E-state index is 15.9. The van der Waals surface area contributed by atoms with Crippen LogP contribution in [0.5, 0.6) is 0 Å². The maximum Gasteiger partial charge on any atom is 0.375 e. The fourth-order valence-electron chi connectivity index (χ4n) is 8.76. The molecule has 0 aromatic carbocycles. The molecule has 4 aliphatic rings. The van der Waals surface area contributed by atoms with Gasteiger partial charge in [0.15, 0.2) is 18.0 Å². The van der Waals surface area contributed by atoms with Crippen molar-refractivity contribution in [2.75, 3.05) is 12.4 Å². The van der Waals surface area contributed by atoms with Crippen LogP contribution < -0.4 is 0 Å². The van der Waals surface area contributed by atoms with E-state index in [9.17, 15) is 28.7 Å². The molecule has 3 fully saturated rings. The van der Waals surface area contributed by atoms with Crippen LogP contribution in [0.3, 0.4) is 0 Å². The Morgan fingerprint density at radius 1 is 1.22 bits per heavy atom. The Balaban J connectivity index is 1.43. The minimum atomic E-state index is -1.71. The Bertz CT molecular complexity index is 1520. The lowest BCUT2D eigenvalue weighted by Crippen LogP contribution is -2.64. The number of ether oxygens (including phenoxy) is 2. The molecule has 8 nitrogen and oxygen atoms in total. The topological polar surface area (TPSA) is 120 Å². The van der Waals surface area contributed by atoms with Gasteiger partial charge in [0.25, 0.3) is 0 Å². The number of fused-ring (bicyclic) bond motifs is 5. The molecule has 1 heterocycles. The van der Waals surface area contributed by atoms with Gasteiger partial charge in [-0.1, -0.05) is 50.4 Å². The third-order valence-electron chi connectivity index (χ3n) is 10.6. The number of halogens is 2. The Labute approximate surface area is 271 Å². The van der Waals surface area contributed by atoms with Crippen LogP contribution in [0.2, 0.25) is 0 Å². The molecule has 0 aliphatic heterocycles. The molecular formula is C35H40F2O8S. The van der Waals surface area contributed by atoms with Crippen molar-refractivity contribution in [3.63, 3.8) is 0 Å². The lowest BCUT2D eigenvalue weighted by atomic mass is 9.46. The molecule has 0 saturated heterocycles. The summed E-state index contributed by atoms with van der Waals surface area (Å²) in [7, 11) is 0. The predicted octanol–water partition coefficient (Wildman–Crippen LogP) is 5.59. The summed E-state index contributed by atoms with van der Waals surface area (Å²) in [5.74, 6) is 1.94. The van der Waals surface area contributed by atoms with E-state index in [-0.39, 0.29) is 48.6 Å². The lowest BCUT2D eigenvalue weighted by molar-refractivity contribution is -0.179. The smallest absolute Gasteiger partial charge is 0.375 e. The number of esters is 2. The van der Waals surface area contributed by atoms with Gasteiger partial charge in [-0.3, -0.25) is 14.4 Å². The third kappa shape index (κ3) is 5.87. The van der Waals surface area contributed by atoms with Crippen molar-refractivity contribution >= 4 is 34.6 Å². The zero-order valence-corrected chi connectivity index (χ0v) is 27.5. The lowest BCUT2D eigenvalue weighted by Gasteiger charge is -2.60. The first-order valence-corrected chi connectivity index (χ1v) is 16.5. The van der Waals surface area contributed by atoms with Crippen molar-refractivity contribution in [3.05, 3.63) is 48.0 Å². The predicted molar refractivity (Wildman–Crippen MR) is 166 cm³/mol. The van der Waals surface area contributed by atoms with E-state index in [4.69, 9.17) is 13.9 Å². The number of allylic oxidation sites excluding steroid dienone is 4. The zero-order chi connectivity index (χ0) is 33.7. The molecular weight excluding hydrogens is 618 g/mol. The second-order valence-corrected chi connectivity index (χ2v) is 15.0. The summed E-state index contributed by atoms with van der Waals surface area (Å²) < 4.78 is 46.0. The van der Waals surface area contributed by atoms with Gasteiger partial charge in [-0.05, 0) is 74.8 Å². The van der Waals surface area contributed by atoms with Crippen molar-refractivity contribution in [2.24, 2.45) is 34.5 Å². The number of thioether (sulfide) groups is 1. The van der Waals surface area contributed by atoms with Crippen molar-refractivity contribution in [1.82, 2.24) is 0 Å². The molecule has 46 heavy (non-hydrogen) atoms. The summed E-state index contributed by atoms with van der Waals surface area (Å²) in [4.78, 5) is 51.7. The van der Waals surface area contributed by atoms with E-state index >= 15 is 4.39 Å². The van der Waals surface area contributed by atoms with Crippen LogP contribution in [0.15, 0.2) is 46.6 Å². The Morgan fingerprint density at radius 2 is 1.96 bits per heavy atom. The summed E-state index contributed by atoms with van der Waals surface area (Å²) in [5.41, 5.74) is -5.01. The largest absolute Gasteiger partial charge is 0.457 e. The molecule has 3 saturated carbocycles. The van der Waals surface area contributed by atoms with Gasteiger partial charge in [0.2, 0.25) is 10.9 Å². The molecule has 9 unspecified atom stereocenters. The molecule has 4 aliphatic carbocycles. The zero-order valence-electron chi connectivity index (χ0n) is 26.6. The fourth-order valence-corrected chi connectivity index (χ4v) is 9.76. The average Bonchev–Trinajstić information content (AvgIpc) is 3.57. The molecule has 11 heteroatoms. The number of hydrogen-bond donors (Lipinski definition) is 1. The highest BCUT2D eigenvalue weighted by Crippen LogP contribution is 2.70. The third-order valence-corrected chi connectivity index (χ3v) is 11.4. The summed E-state index contributed by atoms with van der Waals surface area (Å²) >= 11 is 0.853.